The van der Waals surface area contributed by atoms with E-state index >= 15 is 0 Å². The number of carbonyl (C=O) groups excluding carboxylic acids is 3. The summed E-state index contributed by atoms with van der Waals surface area (Å²) in [5.74, 6) is -4.28. The van der Waals surface area contributed by atoms with E-state index in [1.807, 2.05) is 12.1 Å². The van der Waals surface area contributed by atoms with Gasteiger partial charge in [-0.2, -0.15) is 0 Å². The van der Waals surface area contributed by atoms with E-state index in [0.717, 1.165) is 3.57 Å². The topological polar surface area (TPSA) is 66.9 Å². The van der Waals surface area contributed by atoms with E-state index in [-0.39, 0.29) is 27.1 Å². The summed E-state index contributed by atoms with van der Waals surface area (Å²) in [4.78, 5) is 43.9. The third-order valence-electron chi connectivity index (χ3n) is 8.24. The second kappa shape index (κ2) is 8.60. The van der Waals surface area contributed by atoms with Gasteiger partial charge in [0.15, 0.2) is 0 Å². The summed E-state index contributed by atoms with van der Waals surface area (Å²) in [6.07, 6.45) is -0.519. The number of anilines is 1. The Balaban J connectivity index is 1.51. The summed E-state index contributed by atoms with van der Waals surface area (Å²) in [6, 6.07) is 10.1. The second-order valence-corrected chi connectivity index (χ2v) is 18.4. The van der Waals surface area contributed by atoms with E-state index in [0.29, 0.717) is 29.5 Å². The molecule has 4 atom stereocenters. The van der Waals surface area contributed by atoms with Gasteiger partial charge >= 0.3 is 223 Å². The summed E-state index contributed by atoms with van der Waals surface area (Å²) >= 11 is -3.29. The molecule has 7 nitrogen and oxygen atoms in total. The average molecular weight is 642 g/mol. The van der Waals surface area contributed by atoms with Gasteiger partial charge in [-0.05, 0) is 0 Å². The Hall–Kier alpha value is -2.80. The van der Waals surface area contributed by atoms with Gasteiger partial charge in [0.2, 0.25) is 0 Å². The van der Waals surface area contributed by atoms with E-state index in [2.05, 4.69) is 4.51 Å². The Bertz CT molecular complexity index is 1410. The van der Waals surface area contributed by atoms with E-state index in [4.69, 9.17) is 4.74 Å². The van der Waals surface area contributed by atoms with Crippen LogP contribution in [0.25, 0.3) is 0 Å². The second-order valence-electron chi connectivity index (χ2n) is 10.4. The van der Waals surface area contributed by atoms with Gasteiger partial charge in [0.1, 0.15) is 0 Å². The first-order valence-electron chi connectivity index (χ1n) is 12.4. The van der Waals surface area contributed by atoms with Gasteiger partial charge in [0.25, 0.3) is 0 Å². The van der Waals surface area contributed by atoms with Crippen LogP contribution in [0.1, 0.15) is 37.3 Å². The Labute approximate surface area is 222 Å². The quantitative estimate of drug-likeness (QED) is 0.158. The summed E-state index contributed by atoms with van der Waals surface area (Å²) in [5.41, 5.74) is 0.781. The molecule has 3 amide bonds. The molecule has 2 aromatic carbocycles. The predicted molar refractivity (Wildman–Crippen MR) is 143 cm³/mol. The number of benzene rings is 2. The number of hydrogen-bond acceptors (Lipinski definition) is 4. The third-order valence-corrected chi connectivity index (χ3v) is 17.7. The summed E-state index contributed by atoms with van der Waals surface area (Å²) in [7, 11) is 1.23. The van der Waals surface area contributed by atoms with Crippen LogP contribution in [-0.2, 0) is 14.3 Å². The van der Waals surface area contributed by atoms with E-state index in [1.165, 1.54) is 35.1 Å². The Morgan fingerprint density at radius 1 is 1.18 bits per heavy atom. The van der Waals surface area contributed by atoms with Crippen LogP contribution >= 0.6 is 18.2 Å². The summed E-state index contributed by atoms with van der Waals surface area (Å²) in [5, 5.41) is 0. The number of nitrogens with zero attached hydrogens (tertiary/aromatic N) is 3. The zero-order valence-corrected chi connectivity index (χ0v) is 22.9. The molecule has 0 aromatic heterocycles. The molecule has 1 saturated carbocycles. The molecular formula is C27H28F3IN3O4+. The molecule has 3 heterocycles. The first-order valence-corrected chi connectivity index (χ1v) is 17.5. The first kappa shape index (κ1) is 25.5. The van der Waals surface area contributed by atoms with Crippen LogP contribution < -0.4 is 4.90 Å². The molecule has 0 spiro atoms. The van der Waals surface area contributed by atoms with Crippen LogP contribution in [0.4, 0.5) is 23.7 Å². The van der Waals surface area contributed by atoms with Gasteiger partial charge in [-0.3, -0.25) is 0 Å². The molecule has 0 N–H and O–H groups in total. The summed E-state index contributed by atoms with van der Waals surface area (Å²) < 4.78 is 53.2. The minimum atomic E-state index is -3.29. The molecule has 202 valence electrons. The number of rotatable bonds is 4. The standard InChI is InChI=1S/C27H28F3IN3O4/c1-31-16-34(31,19-14-27(29,30)15-19)25(36)23(20-9-3-4-10-21(20)31)33(18-8-5-7-17(28)13-18)24(35)22-11-6-12-32(22)26(37)38-2/h3-5,7-10,13,19,22-23H,1,6,11-12,14-16H2,2H3/q+1/t22-,23-,34?/m0/s1. The normalized spacial score (nSPS) is 32.8. The van der Waals surface area contributed by atoms with Crippen molar-refractivity contribution in [2.45, 2.75) is 49.7 Å². The Morgan fingerprint density at radius 3 is 2.61 bits per heavy atom. The number of alkyl halides is 3. The van der Waals surface area contributed by atoms with Crippen molar-refractivity contribution >= 4 is 46.3 Å². The van der Waals surface area contributed by atoms with Crippen LogP contribution in [-0.4, -0.2) is 66.2 Å². The minimum absolute atomic E-state index is 0.0891. The first-order chi connectivity index (χ1) is 18.0. The molecule has 1 aliphatic carbocycles. The molecule has 6 rings (SSSR count). The molecule has 0 radical (unpaired) electrons. The molecule has 38 heavy (non-hydrogen) atoms. The number of likely N-dealkylation sites (tertiary alicyclic amines) is 1. The fraction of sp³-hybridized carbons (Fsp3) is 0.407. The SMILES string of the molecule is C=I12C[N+]1(C1CC(F)(F)C1)C(=O)[C@@H](N(C(=O)[C@@H]1CCCN1C(=O)OC)c1cccc(F)c1)c1ccccc12. The van der Waals surface area contributed by atoms with Crippen LogP contribution in [0.5, 0.6) is 0 Å². The maximum atomic E-state index is 14.5. The monoisotopic (exact) mass is 642 g/mol. The molecule has 2 aromatic rings. The van der Waals surface area contributed by atoms with Gasteiger partial charge in [0, 0.05) is 0 Å². The molecule has 11 heteroatoms. The molecule has 0 bridgehead atoms. The van der Waals surface area contributed by atoms with Gasteiger partial charge < -0.3 is 0 Å². The zero-order valence-electron chi connectivity index (χ0n) is 20.8. The number of halogens is 4. The number of ether oxygens (including phenoxy) is 1. The molecule has 3 fully saturated rings. The number of fused-ring (bicyclic) bond motifs is 3. The van der Waals surface area contributed by atoms with Crippen molar-refractivity contribution in [3.05, 3.63) is 63.5 Å². The summed E-state index contributed by atoms with van der Waals surface area (Å²) in [6.45, 7) is 0.309. The molecule has 4 aliphatic rings. The molecule has 2 saturated heterocycles. The fourth-order valence-corrected chi connectivity index (χ4v) is 17.7. The van der Waals surface area contributed by atoms with Crippen molar-refractivity contribution in [1.82, 2.24) is 4.90 Å². The van der Waals surface area contributed by atoms with Gasteiger partial charge in [-0.1, -0.05) is 0 Å². The van der Waals surface area contributed by atoms with Crippen molar-refractivity contribution in [1.29, 1.82) is 0 Å². The molecule has 2 unspecified atom stereocenters. The van der Waals surface area contributed by atoms with Crippen molar-refractivity contribution in [2.75, 3.05) is 23.1 Å². The molecule has 3 aliphatic heterocycles. The number of carbonyl (C=O) groups is 3. The van der Waals surface area contributed by atoms with Crippen LogP contribution in [0.3, 0.4) is 0 Å². The van der Waals surface area contributed by atoms with Crippen molar-refractivity contribution in [3.8, 4) is 0 Å². The third kappa shape index (κ3) is 3.50. The number of amides is 3. The van der Waals surface area contributed by atoms with Gasteiger partial charge in [0.05, 0.1) is 0 Å². The van der Waals surface area contributed by atoms with Gasteiger partial charge in [-0.25, -0.2) is 0 Å². The van der Waals surface area contributed by atoms with Gasteiger partial charge in [-0.15, -0.1) is 0 Å². The van der Waals surface area contributed by atoms with Crippen molar-refractivity contribution in [2.24, 2.45) is 0 Å². The van der Waals surface area contributed by atoms with Crippen molar-refractivity contribution < 1.29 is 35.0 Å². The number of quaternary nitrogens is 1. The van der Waals surface area contributed by atoms with E-state index < -0.39 is 60.1 Å². The maximum absolute atomic E-state index is 14.5. The number of hydrogen-bond donors (Lipinski definition) is 0. The Kier molecular flexibility index (Phi) is 5.77. The predicted octanol–water partition coefficient (Wildman–Crippen LogP) is 4.82. The molecular weight excluding hydrogens is 614 g/mol. The average Bonchev–Trinajstić information content (AvgIpc) is 3.26. The van der Waals surface area contributed by atoms with Crippen molar-refractivity contribution in [3.63, 3.8) is 0 Å². The fourth-order valence-electron chi connectivity index (χ4n) is 6.33. The van der Waals surface area contributed by atoms with E-state index in [1.54, 1.807) is 18.2 Å². The van der Waals surface area contributed by atoms with Crippen LogP contribution in [0.15, 0.2) is 48.5 Å². The van der Waals surface area contributed by atoms with Crippen LogP contribution in [0.2, 0.25) is 0 Å². The van der Waals surface area contributed by atoms with Crippen LogP contribution in [0, 0.1) is 9.39 Å². The van der Waals surface area contributed by atoms with E-state index in [9.17, 15) is 27.6 Å². The zero-order chi connectivity index (χ0) is 27.0. The Morgan fingerprint density at radius 2 is 1.92 bits per heavy atom. The number of methoxy groups -OCH3 is 1.